The topological polar surface area (TPSA) is 123 Å². The predicted molar refractivity (Wildman–Crippen MR) is 117 cm³/mol. The Balaban J connectivity index is 0.00000466. The summed E-state index contributed by atoms with van der Waals surface area (Å²) in [5.74, 6) is -2.59. The molecule has 0 spiro atoms. The SMILES string of the molecule is CC.CN(CCOC(=O)CN(C)C(=O)OCc1ccccc1)CC(=O)OC(C)(C)C(=O)O. The molecule has 1 aromatic rings. The van der Waals surface area contributed by atoms with Crippen LogP contribution in [0.1, 0.15) is 33.3 Å². The van der Waals surface area contributed by atoms with Gasteiger partial charge in [-0.1, -0.05) is 44.2 Å². The summed E-state index contributed by atoms with van der Waals surface area (Å²) in [4.78, 5) is 49.1. The number of likely N-dealkylation sites (N-methyl/N-ethyl adjacent to an activating group) is 2. The first kappa shape index (κ1) is 28.9. The molecule has 0 saturated heterocycles. The lowest BCUT2D eigenvalue weighted by Gasteiger charge is -2.22. The van der Waals surface area contributed by atoms with Crippen molar-refractivity contribution in [2.24, 2.45) is 0 Å². The molecule has 1 N–H and O–H groups in total. The highest BCUT2D eigenvalue weighted by molar-refractivity contribution is 5.81. The molecule has 0 saturated carbocycles. The van der Waals surface area contributed by atoms with Crippen LogP contribution in [0.15, 0.2) is 30.3 Å². The molecule has 1 amide bonds. The van der Waals surface area contributed by atoms with E-state index in [2.05, 4.69) is 0 Å². The molecule has 0 aromatic heterocycles. The third kappa shape index (κ3) is 11.9. The Morgan fingerprint density at radius 3 is 2.09 bits per heavy atom. The first-order valence-electron chi connectivity index (χ1n) is 10.2. The van der Waals surface area contributed by atoms with Crippen LogP contribution in [0.4, 0.5) is 4.79 Å². The fourth-order valence-corrected chi connectivity index (χ4v) is 2.11. The average Bonchev–Trinajstić information content (AvgIpc) is 2.73. The second-order valence-corrected chi connectivity index (χ2v) is 7.14. The number of ether oxygens (including phenoxy) is 3. The third-order valence-corrected chi connectivity index (χ3v) is 3.90. The van der Waals surface area contributed by atoms with E-state index in [1.807, 2.05) is 44.2 Å². The molecule has 0 heterocycles. The van der Waals surface area contributed by atoms with E-state index >= 15 is 0 Å². The largest absolute Gasteiger partial charge is 0.478 e. The highest BCUT2D eigenvalue weighted by atomic mass is 16.6. The standard InChI is InChI=1S/C20H28N2O8.C2H6/c1-20(2,18(25)26)30-17(24)12-21(3)10-11-28-16(23)13-22(4)19(27)29-14-15-8-6-5-7-9-15;1-2/h5-9H,10-14H2,1-4H3,(H,25,26);1-2H3. The van der Waals surface area contributed by atoms with E-state index in [9.17, 15) is 19.2 Å². The molecule has 0 fully saturated rings. The second kappa shape index (κ2) is 14.8. The van der Waals surface area contributed by atoms with E-state index < -0.39 is 29.6 Å². The number of hydrogen-bond donors (Lipinski definition) is 1. The first-order valence-corrected chi connectivity index (χ1v) is 10.2. The number of rotatable bonds is 11. The number of benzene rings is 1. The summed E-state index contributed by atoms with van der Waals surface area (Å²) in [6, 6.07) is 9.14. The van der Waals surface area contributed by atoms with Crippen LogP contribution < -0.4 is 0 Å². The maximum atomic E-state index is 11.9. The molecule has 0 bridgehead atoms. The van der Waals surface area contributed by atoms with Gasteiger partial charge in [-0.3, -0.25) is 14.5 Å². The van der Waals surface area contributed by atoms with Crippen molar-refractivity contribution in [3.63, 3.8) is 0 Å². The van der Waals surface area contributed by atoms with Gasteiger partial charge in [0.1, 0.15) is 19.8 Å². The summed E-state index contributed by atoms with van der Waals surface area (Å²) >= 11 is 0. The second-order valence-electron chi connectivity index (χ2n) is 7.14. The quantitative estimate of drug-likeness (QED) is 0.396. The van der Waals surface area contributed by atoms with E-state index in [0.717, 1.165) is 10.5 Å². The van der Waals surface area contributed by atoms with E-state index in [1.54, 1.807) is 7.05 Å². The van der Waals surface area contributed by atoms with E-state index in [-0.39, 0.29) is 32.8 Å². The number of carbonyl (C=O) groups is 4. The van der Waals surface area contributed by atoms with Crippen molar-refractivity contribution in [1.82, 2.24) is 9.80 Å². The Morgan fingerprint density at radius 2 is 1.53 bits per heavy atom. The molecule has 0 atom stereocenters. The number of hydrogen-bond acceptors (Lipinski definition) is 8. The Labute approximate surface area is 189 Å². The zero-order valence-corrected chi connectivity index (χ0v) is 19.6. The van der Waals surface area contributed by atoms with Crippen molar-refractivity contribution in [2.75, 3.05) is 40.3 Å². The Morgan fingerprint density at radius 1 is 0.938 bits per heavy atom. The number of carboxylic acid groups (broad SMARTS) is 1. The van der Waals surface area contributed by atoms with Crippen molar-refractivity contribution in [2.45, 2.75) is 39.9 Å². The maximum Gasteiger partial charge on any atom is 0.410 e. The van der Waals surface area contributed by atoms with Crippen LogP contribution in [0.25, 0.3) is 0 Å². The normalized spacial score (nSPS) is 10.5. The molecule has 0 unspecified atom stereocenters. The number of carboxylic acids is 1. The summed E-state index contributed by atoms with van der Waals surface area (Å²) in [7, 11) is 3.01. The van der Waals surface area contributed by atoms with E-state index in [0.29, 0.717) is 0 Å². The van der Waals surface area contributed by atoms with Crippen LogP contribution >= 0.6 is 0 Å². The summed E-state index contributed by atoms with van der Waals surface area (Å²) in [5.41, 5.74) is -0.792. The van der Waals surface area contributed by atoms with Gasteiger partial charge in [-0.05, 0) is 26.5 Å². The number of carbonyl (C=O) groups excluding carboxylic acids is 3. The number of amides is 1. The third-order valence-electron chi connectivity index (χ3n) is 3.90. The lowest BCUT2D eigenvalue weighted by Crippen LogP contribution is -2.40. The Hall–Kier alpha value is -3.14. The van der Waals surface area contributed by atoms with Gasteiger partial charge < -0.3 is 24.2 Å². The van der Waals surface area contributed by atoms with Crippen molar-refractivity contribution in [1.29, 1.82) is 0 Å². The van der Waals surface area contributed by atoms with Crippen molar-refractivity contribution in [3.8, 4) is 0 Å². The van der Waals surface area contributed by atoms with Crippen LogP contribution in [-0.4, -0.2) is 84.8 Å². The summed E-state index contributed by atoms with van der Waals surface area (Å²) < 4.78 is 15.0. The minimum Gasteiger partial charge on any atom is -0.478 e. The number of nitrogens with zero attached hydrogens (tertiary/aromatic N) is 2. The molecule has 180 valence electrons. The van der Waals surface area contributed by atoms with Gasteiger partial charge >= 0.3 is 24.0 Å². The zero-order chi connectivity index (χ0) is 24.7. The highest BCUT2D eigenvalue weighted by Crippen LogP contribution is 2.09. The Bertz CT molecular complexity index is 737. The van der Waals surface area contributed by atoms with Gasteiger partial charge in [-0.15, -0.1) is 0 Å². The first-order chi connectivity index (χ1) is 15.0. The lowest BCUT2D eigenvalue weighted by molar-refractivity contribution is -0.175. The van der Waals surface area contributed by atoms with Gasteiger partial charge in [0.2, 0.25) is 5.60 Å². The van der Waals surface area contributed by atoms with Crippen molar-refractivity contribution < 1.29 is 38.5 Å². The maximum absolute atomic E-state index is 11.9. The van der Waals surface area contributed by atoms with Gasteiger partial charge in [0.15, 0.2) is 0 Å². The van der Waals surface area contributed by atoms with Crippen LogP contribution in [0.3, 0.4) is 0 Å². The molecule has 10 nitrogen and oxygen atoms in total. The summed E-state index contributed by atoms with van der Waals surface area (Å²) in [6.45, 7) is 6.39. The molecular formula is C22H34N2O8. The van der Waals surface area contributed by atoms with Crippen LogP contribution in [0.5, 0.6) is 0 Å². The molecule has 1 aromatic carbocycles. The average molecular weight is 455 g/mol. The molecule has 32 heavy (non-hydrogen) atoms. The van der Waals surface area contributed by atoms with Crippen molar-refractivity contribution in [3.05, 3.63) is 35.9 Å². The zero-order valence-electron chi connectivity index (χ0n) is 19.6. The minimum absolute atomic E-state index is 0.0160. The monoisotopic (exact) mass is 454 g/mol. The van der Waals surface area contributed by atoms with Gasteiger partial charge in [0.05, 0.1) is 6.54 Å². The van der Waals surface area contributed by atoms with Crippen LogP contribution in [0, 0.1) is 0 Å². The molecule has 0 aliphatic rings. The molecule has 0 aliphatic carbocycles. The fraction of sp³-hybridized carbons (Fsp3) is 0.545. The van der Waals surface area contributed by atoms with E-state index in [4.69, 9.17) is 19.3 Å². The minimum atomic E-state index is -1.62. The molecular weight excluding hydrogens is 420 g/mol. The summed E-state index contributed by atoms with van der Waals surface area (Å²) in [5, 5.41) is 8.94. The van der Waals surface area contributed by atoms with Crippen molar-refractivity contribution >= 4 is 24.0 Å². The van der Waals surface area contributed by atoms with Crippen LogP contribution in [-0.2, 0) is 35.2 Å². The van der Waals surface area contributed by atoms with E-state index in [1.165, 1.54) is 25.8 Å². The molecule has 1 rings (SSSR count). The number of esters is 2. The molecule has 0 radical (unpaired) electrons. The predicted octanol–water partition coefficient (Wildman–Crippen LogP) is 2.16. The molecule has 0 aliphatic heterocycles. The van der Waals surface area contributed by atoms with Gasteiger partial charge in [-0.2, -0.15) is 0 Å². The Kier molecular flexibility index (Phi) is 13.3. The van der Waals surface area contributed by atoms with Gasteiger partial charge in [0, 0.05) is 13.6 Å². The number of aliphatic carboxylic acids is 1. The fourth-order valence-electron chi connectivity index (χ4n) is 2.11. The highest BCUT2D eigenvalue weighted by Gasteiger charge is 2.31. The lowest BCUT2D eigenvalue weighted by atomic mass is 10.1. The van der Waals surface area contributed by atoms with Gasteiger partial charge in [0.25, 0.3) is 0 Å². The summed E-state index contributed by atoms with van der Waals surface area (Å²) in [6.07, 6.45) is -0.656. The van der Waals surface area contributed by atoms with Crippen LogP contribution in [0.2, 0.25) is 0 Å². The van der Waals surface area contributed by atoms with Gasteiger partial charge in [-0.25, -0.2) is 9.59 Å². The smallest absolute Gasteiger partial charge is 0.410 e. The molecule has 10 heteroatoms.